The predicted octanol–water partition coefficient (Wildman–Crippen LogP) is 1.52. The molecule has 14 heavy (non-hydrogen) atoms. The number of Topliss-reactive ketones (excluding diaryl/α,β-unsaturated/α-hetero) is 1. The van der Waals surface area contributed by atoms with E-state index >= 15 is 0 Å². The van der Waals surface area contributed by atoms with Gasteiger partial charge in [0.15, 0.2) is 0 Å². The second-order valence-corrected chi connectivity index (χ2v) is 2.54. The van der Waals surface area contributed by atoms with Crippen LogP contribution >= 0.6 is 0 Å². The molecule has 0 N–H and O–H groups in total. The Hall–Kier alpha value is -1.95. The highest BCUT2D eigenvalue weighted by atomic mass is 16.5. The monoisotopic (exact) mass is 190 g/mol. The number of methoxy groups -OCH3 is 2. The standard InChI is InChI=1S/C11H10O3/c1-4-10(12)9-6-5-8(13-2)7-11(9)14-3/h1,5-7H,2-3H3. The molecule has 0 aliphatic heterocycles. The molecule has 0 aliphatic carbocycles. The van der Waals surface area contributed by atoms with Gasteiger partial charge in [-0.2, -0.15) is 0 Å². The average molecular weight is 190 g/mol. The van der Waals surface area contributed by atoms with Crippen LogP contribution in [0.5, 0.6) is 11.5 Å². The van der Waals surface area contributed by atoms with E-state index in [1.165, 1.54) is 14.2 Å². The molecular formula is C11H10O3. The number of ketones is 1. The van der Waals surface area contributed by atoms with Crippen molar-refractivity contribution < 1.29 is 14.3 Å². The van der Waals surface area contributed by atoms with Crippen LogP contribution in [-0.2, 0) is 0 Å². The first-order chi connectivity index (χ1) is 6.72. The summed E-state index contributed by atoms with van der Waals surface area (Å²) in [5.41, 5.74) is 0.371. The van der Waals surface area contributed by atoms with Crippen molar-refractivity contribution in [3.63, 3.8) is 0 Å². The minimum absolute atomic E-state index is 0.371. The van der Waals surface area contributed by atoms with Gasteiger partial charge >= 0.3 is 0 Å². The van der Waals surface area contributed by atoms with Crippen molar-refractivity contribution in [2.75, 3.05) is 14.2 Å². The number of benzene rings is 1. The number of ether oxygens (including phenoxy) is 2. The summed E-state index contributed by atoms with van der Waals surface area (Å²) < 4.78 is 10.00. The van der Waals surface area contributed by atoms with Crippen LogP contribution in [0.1, 0.15) is 10.4 Å². The Labute approximate surface area is 82.6 Å². The fraction of sp³-hybridized carbons (Fsp3) is 0.182. The summed E-state index contributed by atoms with van der Waals surface area (Å²) >= 11 is 0. The third-order valence-electron chi connectivity index (χ3n) is 1.78. The molecule has 1 aromatic carbocycles. The number of carbonyl (C=O) groups excluding carboxylic acids is 1. The molecule has 0 bridgehead atoms. The highest BCUT2D eigenvalue weighted by molar-refractivity contribution is 6.10. The molecule has 0 heterocycles. The lowest BCUT2D eigenvalue weighted by Crippen LogP contribution is -1.99. The van der Waals surface area contributed by atoms with Gasteiger partial charge in [-0.05, 0) is 18.1 Å². The van der Waals surface area contributed by atoms with Gasteiger partial charge in [0, 0.05) is 6.07 Å². The fourth-order valence-corrected chi connectivity index (χ4v) is 1.06. The Morgan fingerprint density at radius 3 is 2.57 bits per heavy atom. The van der Waals surface area contributed by atoms with Crippen molar-refractivity contribution in [3.8, 4) is 23.8 Å². The summed E-state index contributed by atoms with van der Waals surface area (Å²) in [6, 6.07) is 4.86. The van der Waals surface area contributed by atoms with Crippen molar-refractivity contribution in [2.24, 2.45) is 0 Å². The number of rotatable bonds is 3. The van der Waals surface area contributed by atoms with E-state index in [2.05, 4.69) is 0 Å². The van der Waals surface area contributed by atoms with E-state index < -0.39 is 5.78 Å². The Kier molecular flexibility index (Phi) is 3.14. The molecule has 0 amide bonds. The molecule has 1 rings (SSSR count). The van der Waals surface area contributed by atoms with Crippen LogP contribution < -0.4 is 9.47 Å². The lowest BCUT2D eigenvalue weighted by Gasteiger charge is -2.06. The largest absolute Gasteiger partial charge is 0.497 e. The number of carbonyl (C=O) groups is 1. The fourth-order valence-electron chi connectivity index (χ4n) is 1.06. The summed E-state index contributed by atoms with van der Waals surface area (Å²) in [6.07, 6.45) is 5.01. The van der Waals surface area contributed by atoms with E-state index in [0.29, 0.717) is 17.1 Å². The highest BCUT2D eigenvalue weighted by Gasteiger charge is 2.10. The van der Waals surface area contributed by atoms with Gasteiger partial charge in [-0.15, -0.1) is 6.42 Å². The summed E-state index contributed by atoms with van der Waals surface area (Å²) in [4.78, 5) is 11.2. The van der Waals surface area contributed by atoms with Crippen LogP contribution in [0.3, 0.4) is 0 Å². The molecule has 0 saturated heterocycles. The van der Waals surface area contributed by atoms with Crippen molar-refractivity contribution in [1.82, 2.24) is 0 Å². The Morgan fingerprint density at radius 1 is 1.36 bits per heavy atom. The third kappa shape index (κ3) is 1.86. The van der Waals surface area contributed by atoms with Gasteiger partial charge in [0.1, 0.15) is 11.5 Å². The maximum Gasteiger partial charge on any atom is 0.239 e. The highest BCUT2D eigenvalue weighted by Crippen LogP contribution is 2.24. The molecule has 0 saturated carbocycles. The summed E-state index contributed by atoms with van der Waals surface area (Å²) in [5, 5.41) is 0. The molecule has 0 aromatic heterocycles. The van der Waals surface area contributed by atoms with Crippen LogP contribution in [-0.4, -0.2) is 20.0 Å². The minimum Gasteiger partial charge on any atom is -0.497 e. The average Bonchev–Trinajstić information content (AvgIpc) is 2.27. The Bertz CT molecular complexity index is 388. The van der Waals surface area contributed by atoms with E-state index in [1.807, 2.05) is 5.92 Å². The van der Waals surface area contributed by atoms with Gasteiger partial charge < -0.3 is 9.47 Å². The van der Waals surface area contributed by atoms with Crippen molar-refractivity contribution in [2.45, 2.75) is 0 Å². The first-order valence-electron chi connectivity index (χ1n) is 3.96. The number of hydrogen-bond acceptors (Lipinski definition) is 3. The van der Waals surface area contributed by atoms with Crippen LogP contribution in [0, 0.1) is 12.3 Å². The quantitative estimate of drug-likeness (QED) is 0.412. The van der Waals surface area contributed by atoms with E-state index in [9.17, 15) is 4.79 Å². The summed E-state index contributed by atoms with van der Waals surface area (Å²) in [7, 11) is 3.01. The molecule has 0 fully saturated rings. The summed E-state index contributed by atoms with van der Waals surface area (Å²) in [6.45, 7) is 0. The number of hydrogen-bond donors (Lipinski definition) is 0. The summed E-state index contributed by atoms with van der Waals surface area (Å²) in [5.74, 6) is 2.68. The van der Waals surface area contributed by atoms with Gasteiger partial charge in [-0.3, -0.25) is 4.79 Å². The second kappa shape index (κ2) is 4.33. The van der Waals surface area contributed by atoms with Gasteiger partial charge in [0.2, 0.25) is 5.78 Å². The molecular weight excluding hydrogens is 180 g/mol. The normalized spacial score (nSPS) is 8.93. The zero-order valence-corrected chi connectivity index (χ0v) is 8.03. The number of terminal acetylenes is 1. The maximum atomic E-state index is 11.2. The first kappa shape index (κ1) is 10.1. The topological polar surface area (TPSA) is 35.5 Å². The van der Waals surface area contributed by atoms with Gasteiger partial charge in [0.05, 0.1) is 19.8 Å². The predicted molar refractivity (Wildman–Crippen MR) is 52.7 cm³/mol. The SMILES string of the molecule is C#CC(=O)c1ccc(OC)cc1OC. The smallest absolute Gasteiger partial charge is 0.239 e. The Balaban J connectivity index is 3.19. The van der Waals surface area contributed by atoms with E-state index in [4.69, 9.17) is 15.9 Å². The van der Waals surface area contributed by atoms with E-state index in [-0.39, 0.29) is 0 Å². The van der Waals surface area contributed by atoms with Gasteiger partial charge in [0.25, 0.3) is 0 Å². The zero-order valence-electron chi connectivity index (χ0n) is 8.03. The van der Waals surface area contributed by atoms with E-state index in [0.717, 1.165) is 0 Å². The molecule has 0 unspecified atom stereocenters. The zero-order chi connectivity index (χ0) is 10.6. The van der Waals surface area contributed by atoms with E-state index in [1.54, 1.807) is 18.2 Å². The first-order valence-corrected chi connectivity index (χ1v) is 3.96. The minimum atomic E-state index is -0.399. The molecule has 0 atom stereocenters. The van der Waals surface area contributed by atoms with Gasteiger partial charge in [-0.1, -0.05) is 0 Å². The lowest BCUT2D eigenvalue weighted by atomic mass is 10.1. The third-order valence-corrected chi connectivity index (χ3v) is 1.78. The lowest BCUT2D eigenvalue weighted by molar-refractivity contribution is 0.105. The molecule has 0 spiro atoms. The molecule has 3 heteroatoms. The molecule has 0 aliphatic rings. The Morgan fingerprint density at radius 2 is 2.07 bits per heavy atom. The van der Waals surface area contributed by atoms with Crippen LogP contribution in [0.25, 0.3) is 0 Å². The van der Waals surface area contributed by atoms with Crippen LogP contribution in [0.4, 0.5) is 0 Å². The van der Waals surface area contributed by atoms with Crippen molar-refractivity contribution in [1.29, 1.82) is 0 Å². The van der Waals surface area contributed by atoms with Crippen molar-refractivity contribution >= 4 is 5.78 Å². The molecule has 3 nitrogen and oxygen atoms in total. The van der Waals surface area contributed by atoms with Crippen LogP contribution in [0.15, 0.2) is 18.2 Å². The molecule has 0 radical (unpaired) electrons. The van der Waals surface area contributed by atoms with Gasteiger partial charge in [-0.25, -0.2) is 0 Å². The molecule has 72 valence electrons. The molecule has 1 aromatic rings. The van der Waals surface area contributed by atoms with Crippen LogP contribution in [0.2, 0.25) is 0 Å². The maximum absolute atomic E-state index is 11.2. The van der Waals surface area contributed by atoms with Crippen molar-refractivity contribution in [3.05, 3.63) is 23.8 Å². The second-order valence-electron chi connectivity index (χ2n) is 2.54.